The van der Waals surface area contributed by atoms with E-state index in [0.717, 1.165) is 10.6 Å². The summed E-state index contributed by atoms with van der Waals surface area (Å²) in [5.74, 6) is 0.782. The standard InChI is InChI=1S/C16H21N3O4S2/c1-2-10-25(20,21)19-7-5-13(6-8-19)18-23-12-14-11-22-16(17-14)15-4-3-9-24-15/h3-4,9,11H,2,5-8,10,12H2,1H3. The molecule has 0 radical (unpaired) electrons. The van der Waals surface area contributed by atoms with Crippen molar-refractivity contribution in [2.75, 3.05) is 18.8 Å². The van der Waals surface area contributed by atoms with E-state index in [1.54, 1.807) is 21.9 Å². The zero-order chi connectivity index (χ0) is 17.7. The van der Waals surface area contributed by atoms with Gasteiger partial charge in [0.15, 0.2) is 6.61 Å². The average molecular weight is 383 g/mol. The topological polar surface area (TPSA) is 85.0 Å². The first kappa shape index (κ1) is 18.1. The van der Waals surface area contributed by atoms with Crippen molar-refractivity contribution in [3.8, 4) is 10.8 Å². The second-order valence-electron chi connectivity index (χ2n) is 5.77. The quantitative estimate of drug-likeness (QED) is 0.686. The molecule has 0 atom stereocenters. The van der Waals surface area contributed by atoms with Crippen molar-refractivity contribution in [1.29, 1.82) is 0 Å². The molecule has 0 bridgehead atoms. The highest BCUT2D eigenvalue weighted by atomic mass is 32.2. The normalized spacial score (nSPS) is 16.1. The van der Waals surface area contributed by atoms with Crippen LogP contribution in [0.25, 0.3) is 10.8 Å². The van der Waals surface area contributed by atoms with Crippen molar-refractivity contribution in [1.82, 2.24) is 9.29 Å². The Morgan fingerprint density at radius 3 is 2.88 bits per heavy atom. The maximum absolute atomic E-state index is 12.0. The minimum atomic E-state index is -3.12. The lowest BCUT2D eigenvalue weighted by molar-refractivity contribution is 0.125. The summed E-state index contributed by atoms with van der Waals surface area (Å²) in [5, 5.41) is 6.10. The Bertz CT molecular complexity index is 802. The Labute approximate surface area is 151 Å². The summed E-state index contributed by atoms with van der Waals surface area (Å²) in [6.07, 6.45) is 3.40. The predicted octanol–water partition coefficient (Wildman–Crippen LogP) is 3.11. The van der Waals surface area contributed by atoms with Gasteiger partial charge in [0, 0.05) is 25.9 Å². The van der Waals surface area contributed by atoms with Crippen molar-refractivity contribution < 1.29 is 17.7 Å². The van der Waals surface area contributed by atoms with E-state index in [1.807, 2.05) is 24.4 Å². The maximum atomic E-state index is 12.0. The first-order valence-electron chi connectivity index (χ1n) is 8.22. The van der Waals surface area contributed by atoms with E-state index in [4.69, 9.17) is 9.25 Å². The molecule has 0 spiro atoms. The summed E-state index contributed by atoms with van der Waals surface area (Å²) in [4.78, 5) is 10.7. The monoisotopic (exact) mass is 383 g/mol. The second-order valence-corrected chi connectivity index (χ2v) is 8.80. The van der Waals surface area contributed by atoms with Crippen LogP contribution in [0.4, 0.5) is 0 Å². The molecule has 3 rings (SSSR count). The molecule has 1 aliphatic heterocycles. The Morgan fingerprint density at radius 2 is 2.20 bits per heavy atom. The smallest absolute Gasteiger partial charge is 0.236 e. The number of hydrogen-bond acceptors (Lipinski definition) is 7. The first-order valence-corrected chi connectivity index (χ1v) is 10.7. The molecule has 25 heavy (non-hydrogen) atoms. The maximum Gasteiger partial charge on any atom is 0.236 e. The lowest BCUT2D eigenvalue weighted by Gasteiger charge is -2.26. The summed E-state index contributed by atoms with van der Waals surface area (Å²) < 4.78 is 31.0. The van der Waals surface area contributed by atoms with Gasteiger partial charge in [-0.2, -0.15) is 0 Å². The Kier molecular flexibility index (Phi) is 5.87. The van der Waals surface area contributed by atoms with Gasteiger partial charge in [-0.3, -0.25) is 0 Å². The van der Waals surface area contributed by atoms with E-state index < -0.39 is 10.0 Å². The molecule has 0 saturated carbocycles. The van der Waals surface area contributed by atoms with E-state index in [-0.39, 0.29) is 12.4 Å². The molecule has 136 valence electrons. The van der Waals surface area contributed by atoms with Crippen molar-refractivity contribution in [2.45, 2.75) is 32.8 Å². The van der Waals surface area contributed by atoms with Gasteiger partial charge in [-0.15, -0.1) is 11.3 Å². The molecular formula is C16H21N3O4S2. The fourth-order valence-electron chi connectivity index (χ4n) is 2.58. The van der Waals surface area contributed by atoms with Gasteiger partial charge in [-0.1, -0.05) is 18.1 Å². The van der Waals surface area contributed by atoms with E-state index in [2.05, 4.69) is 10.1 Å². The van der Waals surface area contributed by atoms with Gasteiger partial charge in [-0.25, -0.2) is 17.7 Å². The van der Waals surface area contributed by atoms with Gasteiger partial charge >= 0.3 is 0 Å². The average Bonchev–Trinajstić information content (AvgIpc) is 3.27. The summed E-state index contributed by atoms with van der Waals surface area (Å²) in [5.41, 5.74) is 1.56. The Morgan fingerprint density at radius 1 is 1.40 bits per heavy atom. The molecule has 0 aliphatic carbocycles. The molecule has 1 fully saturated rings. The Hall–Kier alpha value is -1.71. The van der Waals surface area contributed by atoms with Crippen LogP contribution in [0.1, 0.15) is 31.9 Å². The van der Waals surface area contributed by atoms with E-state index >= 15 is 0 Å². The SMILES string of the molecule is CCCS(=O)(=O)N1CCC(=NOCc2coc(-c3cccs3)n2)CC1. The van der Waals surface area contributed by atoms with Crippen LogP contribution in [0.2, 0.25) is 0 Å². The number of aromatic nitrogens is 1. The summed E-state index contributed by atoms with van der Waals surface area (Å²) >= 11 is 1.56. The number of thiophene rings is 1. The van der Waals surface area contributed by atoms with E-state index in [1.165, 1.54) is 0 Å². The zero-order valence-electron chi connectivity index (χ0n) is 14.1. The van der Waals surface area contributed by atoms with Crippen LogP contribution >= 0.6 is 11.3 Å². The van der Waals surface area contributed by atoms with Gasteiger partial charge in [0.05, 0.1) is 16.3 Å². The third-order valence-corrected chi connectivity index (χ3v) is 6.78. The lowest BCUT2D eigenvalue weighted by atomic mass is 10.1. The summed E-state index contributed by atoms with van der Waals surface area (Å²) in [6.45, 7) is 3.04. The van der Waals surface area contributed by atoms with Crippen molar-refractivity contribution in [2.24, 2.45) is 5.16 Å². The first-order chi connectivity index (χ1) is 12.1. The molecule has 7 nitrogen and oxygen atoms in total. The van der Waals surface area contributed by atoms with Gasteiger partial charge in [0.1, 0.15) is 12.0 Å². The second kappa shape index (κ2) is 8.11. The zero-order valence-corrected chi connectivity index (χ0v) is 15.7. The molecule has 3 heterocycles. The van der Waals surface area contributed by atoms with Crippen LogP contribution in [0.3, 0.4) is 0 Å². The molecule has 9 heteroatoms. The van der Waals surface area contributed by atoms with Gasteiger partial charge < -0.3 is 9.25 Å². The van der Waals surface area contributed by atoms with Crippen LogP contribution in [0.5, 0.6) is 0 Å². The summed E-state index contributed by atoms with van der Waals surface area (Å²) in [7, 11) is -3.12. The third-order valence-electron chi connectivity index (χ3n) is 3.84. The minimum absolute atomic E-state index is 0.203. The highest BCUT2D eigenvalue weighted by Gasteiger charge is 2.25. The van der Waals surface area contributed by atoms with Crippen LogP contribution in [0, 0.1) is 0 Å². The molecule has 1 saturated heterocycles. The molecule has 0 N–H and O–H groups in total. The fourth-order valence-corrected chi connectivity index (χ4v) is 4.75. The number of sulfonamides is 1. The molecule has 0 amide bonds. The van der Waals surface area contributed by atoms with E-state index in [0.29, 0.717) is 43.9 Å². The van der Waals surface area contributed by atoms with Gasteiger partial charge in [0.2, 0.25) is 15.9 Å². The number of rotatable bonds is 7. The fraction of sp³-hybridized carbons (Fsp3) is 0.500. The third kappa shape index (κ3) is 4.68. The number of hydrogen-bond donors (Lipinski definition) is 0. The highest BCUT2D eigenvalue weighted by molar-refractivity contribution is 7.89. The number of oxime groups is 1. The largest absolute Gasteiger partial charge is 0.443 e. The molecule has 2 aromatic rings. The predicted molar refractivity (Wildman–Crippen MR) is 96.9 cm³/mol. The molecule has 0 aromatic carbocycles. The van der Waals surface area contributed by atoms with Crippen LogP contribution in [-0.4, -0.2) is 42.3 Å². The minimum Gasteiger partial charge on any atom is -0.443 e. The number of oxazole rings is 1. The van der Waals surface area contributed by atoms with Gasteiger partial charge in [-0.05, 0) is 17.9 Å². The van der Waals surface area contributed by atoms with Crippen LogP contribution in [0.15, 0.2) is 33.3 Å². The molecule has 2 aromatic heterocycles. The van der Waals surface area contributed by atoms with Crippen LogP contribution in [-0.2, 0) is 21.5 Å². The lowest BCUT2D eigenvalue weighted by Crippen LogP contribution is -2.39. The van der Waals surface area contributed by atoms with E-state index in [9.17, 15) is 8.42 Å². The molecule has 0 unspecified atom stereocenters. The number of piperidine rings is 1. The highest BCUT2D eigenvalue weighted by Crippen LogP contribution is 2.23. The van der Waals surface area contributed by atoms with Crippen LogP contribution < -0.4 is 0 Å². The van der Waals surface area contributed by atoms with Crippen molar-refractivity contribution in [3.05, 3.63) is 29.5 Å². The van der Waals surface area contributed by atoms with Crippen molar-refractivity contribution in [3.63, 3.8) is 0 Å². The Balaban J connectivity index is 1.48. The molecule has 1 aliphatic rings. The number of nitrogens with zero attached hydrogens (tertiary/aromatic N) is 3. The molecular weight excluding hydrogens is 362 g/mol. The summed E-state index contributed by atoms with van der Waals surface area (Å²) in [6, 6.07) is 3.89. The van der Waals surface area contributed by atoms with Crippen molar-refractivity contribution >= 4 is 27.1 Å². The van der Waals surface area contributed by atoms with Gasteiger partial charge in [0.25, 0.3) is 0 Å².